The first kappa shape index (κ1) is 25.0. The summed E-state index contributed by atoms with van der Waals surface area (Å²) in [4.78, 5) is 25.0. The highest BCUT2D eigenvalue weighted by atomic mass is 79.9. The van der Waals surface area contributed by atoms with Gasteiger partial charge in [0, 0.05) is 22.3 Å². The summed E-state index contributed by atoms with van der Waals surface area (Å²) in [7, 11) is 0. The molecule has 2 amide bonds. The molecule has 7 nitrogen and oxygen atoms in total. The Kier molecular flexibility index (Phi) is 8.71. The summed E-state index contributed by atoms with van der Waals surface area (Å²) in [5, 5.41) is 15.3. The summed E-state index contributed by atoms with van der Waals surface area (Å²) in [5.41, 5.74) is 2.19. The van der Waals surface area contributed by atoms with E-state index in [1.165, 1.54) is 11.8 Å². The smallest absolute Gasteiger partial charge is 0.251 e. The van der Waals surface area contributed by atoms with Crippen LogP contribution in [0.3, 0.4) is 0 Å². The number of carbonyl (C=O) groups is 2. The van der Waals surface area contributed by atoms with Gasteiger partial charge >= 0.3 is 0 Å². The van der Waals surface area contributed by atoms with Gasteiger partial charge in [-0.05, 0) is 60.1 Å². The van der Waals surface area contributed by atoms with Crippen molar-refractivity contribution in [2.24, 2.45) is 0 Å². The molecule has 3 rings (SSSR count). The summed E-state index contributed by atoms with van der Waals surface area (Å²) in [6, 6.07) is 12.2. The molecular formula is C23H23BrClN5O2S. The Bertz CT molecular complexity index is 1180. The van der Waals surface area contributed by atoms with E-state index >= 15 is 0 Å². The molecule has 2 aromatic carbocycles. The lowest BCUT2D eigenvalue weighted by Crippen LogP contribution is -2.28. The van der Waals surface area contributed by atoms with E-state index in [-0.39, 0.29) is 17.6 Å². The molecule has 0 aliphatic heterocycles. The van der Waals surface area contributed by atoms with Crippen LogP contribution < -0.4 is 10.6 Å². The third kappa shape index (κ3) is 6.69. The first-order valence-electron chi connectivity index (χ1n) is 10.1. The molecule has 172 valence electrons. The topological polar surface area (TPSA) is 88.9 Å². The quantitative estimate of drug-likeness (QED) is 0.276. The van der Waals surface area contributed by atoms with Crippen molar-refractivity contribution in [1.82, 2.24) is 20.1 Å². The van der Waals surface area contributed by atoms with Crippen molar-refractivity contribution in [2.45, 2.75) is 31.6 Å². The molecule has 0 spiro atoms. The minimum Gasteiger partial charge on any atom is -0.342 e. The third-order valence-electron chi connectivity index (χ3n) is 4.61. The van der Waals surface area contributed by atoms with Crippen LogP contribution >= 0.6 is 39.3 Å². The molecule has 1 heterocycles. The van der Waals surface area contributed by atoms with Gasteiger partial charge in [-0.1, -0.05) is 47.1 Å². The van der Waals surface area contributed by atoms with Crippen molar-refractivity contribution < 1.29 is 9.59 Å². The molecule has 1 aromatic heterocycles. The maximum absolute atomic E-state index is 12.6. The average Bonchev–Trinajstić information content (AvgIpc) is 3.18. The van der Waals surface area contributed by atoms with Gasteiger partial charge in [0.05, 0.1) is 16.8 Å². The lowest BCUT2D eigenvalue weighted by Gasteiger charge is -2.15. The van der Waals surface area contributed by atoms with Gasteiger partial charge in [-0.3, -0.25) is 9.59 Å². The Labute approximate surface area is 210 Å². The monoisotopic (exact) mass is 547 g/mol. The number of hydrogen-bond donors (Lipinski definition) is 2. The summed E-state index contributed by atoms with van der Waals surface area (Å²) < 4.78 is 2.59. The van der Waals surface area contributed by atoms with Gasteiger partial charge < -0.3 is 15.2 Å². The van der Waals surface area contributed by atoms with Crippen LogP contribution in [0, 0.1) is 6.92 Å². The molecule has 0 unspecified atom stereocenters. The van der Waals surface area contributed by atoms with Gasteiger partial charge in [-0.25, -0.2) is 0 Å². The van der Waals surface area contributed by atoms with E-state index in [0.717, 1.165) is 10.0 Å². The molecule has 0 bridgehead atoms. The van der Waals surface area contributed by atoms with E-state index in [9.17, 15) is 9.59 Å². The summed E-state index contributed by atoms with van der Waals surface area (Å²) in [6.07, 6.45) is 1.72. The fourth-order valence-corrected chi connectivity index (χ4v) is 4.24. The zero-order valence-electron chi connectivity index (χ0n) is 18.1. The second-order valence-corrected chi connectivity index (χ2v) is 9.47. The summed E-state index contributed by atoms with van der Waals surface area (Å²) >= 11 is 10.7. The third-order valence-corrected chi connectivity index (χ3v) is 6.81. The van der Waals surface area contributed by atoms with Crippen molar-refractivity contribution >= 4 is 56.8 Å². The van der Waals surface area contributed by atoms with Crippen molar-refractivity contribution in [2.75, 3.05) is 11.1 Å². The van der Waals surface area contributed by atoms with Crippen LogP contribution in [0.5, 0.6) is 0 Å². The Morgan fingerprint density at radius 2 is 2.06 bits per heavy atom. The Morgan fingerprint density at radius 3 is 2.76 bits per heavy atom. The fraction of sp³-hybridized carbons (Fsp3) is 0.217. The van der Waals surface area contributed by atoms with E-state index in [1.54, 1.807) is 30.3 Å². The molecule has 1 atom stereocenters. The largest absolute Gasteiger partial charge is 0.342 e. The van der Waals surface area contributed by atoms with E-state index in [2.05, 4.69) is 43.3 Å². The van der Waals surface area contributed by atoms with Crippen LogP contribution in [-0.4, -0.2) is 32.3 Å². The van der Waals surface area contributed by atoms with Crippen LogP contribution in [0.25, 0.3) is 0 Å². The van der Waals surface area contributed by atoms with Crippen LogP contribution in [-0.2, 0) is 11.3 Å². The van der Waals surface area contributed by atoms with E-state index in [4.69, 9.17) is 11.6 Å². The maximum atomic E-state index is 12.6. The van der Waals surface area contributed by atoms with Crippen LogP contribution in [0.1, 0.15) is 34.7 Å². The van der Waals surface area contributed by atoms with E-state index in [1.807, 2.05) is 36.6 Å². The first-order chi connectivity index (χ1) is 15.8. The van der Waals surface area contributed by atoms with Crippen molar-refractivity contribution in [3.63, 3.8) is 0 Å². The first-order valence-corrected chi connectivity index (χ1v) is 12.2. The number of aryl methyl sites for hydroxylation is 1. The molecular weight excluding hydrogens is 526 g/mol. The molecule has 0 saturated heterocycles. The van der Waals surface area contributed by atoms with Crippen molar-refractivity contribution in [3.8, 4) is 0 Å². The SMILES string of the molecule is C=CCn1c(SCC(=O)Nc2ccc(Br)c(Cl)c2)nnc1[C@@H](C)NC(=O)c1cccc(C)c1. The molecule has 0 aliphatic carbocycles. The number of rotatable bonds is 9. The zero-order chi connectivity index (χ0) is 24.0. The van der Waals surface area contributed by atoms with Crippen molar-refractivity contribution in [1.29, 1.82) is 0 Å². The number of allylic oxidation sites excluding steroid dienone is 1. The second kappa shape index (κ2) is 11.5. The molecule has 0 fully saturated rings. The number of anilines is 1. The van der Waals surface area contributed by atoms with Gasteiger partial charge in [0.15, 0.2) is 11.0 Å². The Balaban J connectivity index is 1.66. The summed E-state index contributed by atoms with van der Waals surface area (Å²) in [5.74, 6) is 0.320. The highest BCUT2D eigenvalue weighted by Crippen LogP contribution is 2.26. The number of carbonyl (C=O) groups excluding carboxylic acids is 2. The highest BCUT2D eigenvalue weighted by molar-refractivity contribution is 9.10. The van der Waals surface area contributed by atoms with Crippen LogP contribution in [0.4, 0.5) is 5.69 Å². The van der Waals surface area contributed by atoms with Crippen molar-refractivity contribution in [3.05, 3.63) is 81.6 Å². The predicted octanol–water partition coefficient (Wildman–Crippen LogP) is 5.41. The molecule has 0 radical (unpaired) electrons. The minimum absolute atomic E-state index is 0.132. The number of amides is 2. The standard InChI is InChI=1S/C23H23BrClN5O2S/c1-4-10-30-21(15(3)26-22(32)16-7-5-6-14(2)11-16)28-29-23(30)33-13-20(31)27-17-8-9-18(24)19(25)12-17/h4-9,11-12,15H,1,10,13H2,2-3H3,(H,26,32)(H,27,31)/t15-/m1/s1. The number of nitrogens with one attached hydrogen (secondary N) is 2. The molecule has 33 heavy (non-hydrogen) atoms. The predicted molar refractivity (Wildman–Crippen MR) is 136 cm³/mol. The van der Waals surface area contributed by atoms with Gasteiger partial charge in [0.25, 0.3) is 5.91 Å². The molecule has 3 aromatic rings. The van der Waals surface area contributed by atoms with Gasteiger partial charge in [-0.2, -0.15) is 0 Å². The fourth-order valence-electron chi connectivity index (χ4n) is 3.06. The van der Waals surface area contributed by atoms with Gasteiger partial charge in [-0.15, -0.1) is 16.8 Å². The number of nitrogens with zero attached hydrogens (tertiary/aromatic N) is 3. The maximum Gasteiger partial charge on any atom is 0.251 e. The number of halogens is 2. The van der Waals surface area contributed by atoms with Crippen LogP contribution in [0.2, 0.25) is 5.02 Å². The number of hydrogen-bond acceptors (Lipinski definition) is 5. The van der Waals surface area contributed by atoms with Crippen LogP contribution in [0.15, 0.2) is 64.7 Å². The molecule has 2 N–H and O–H groups in total. The average molecular weight is 549 g/mol. The number of thioether (sulfide) groups is 1. The Hall–Kier alpha value is -2.62. The normalized spacial score (nSPS) is 11.6. The van der Waals surface area contributed by atoms with Gasteiger partial charge in [0.1, 0.15) is 0 Å². The lowest BCUT2D eigenvalue weighted by molar-refractivity contribution is -0.113. The van der Waals surface area contributed by atoms with E-state index in [0.29, 0.717) is 33.8 Å². The Morgan fingerprint density at radius 1 is 1.27 bits per heavy atom. The lowest BCUT2D eigenvalue weighted by atomic mass is 10.1. The van der Waals surface area contributed by atoms with E-state index < -0.39 is 6.04 Å². The van der Waals surface area contributed by atoms with Gasteiger partial charge in [0.2, 0.25) is 5.91 Å². The highest BCUT2D eigenvalue weighted by Gasteiger charge is 2.20. The molecule has 0 saturated carbocycles. The molecule has 10 heteroatoms. The molecule has 0 aliphatic rings. The number of aromatic nitrogens is 3. The second-order valence-electron chi connectivity index (χ2n) is 7.27. The minimum atomic E-state index is -0.390. The number of benzene rings is 2. The zero-order valence-corrected chi connectivity index (χ0v) is 21.3. The summed E-state index contributed by atoms with van der Waals surface area (Å²) in [6.45, 7) is 8.02.